The molecule has 1 heterocycles. The van der Waals surface area contributed by atoms with Crippen LogP contribution in [0.15, 0.2) is 47.3 Å². The summed E-state index contributed by atoms with van der Waals surface area (Å²) in [4.78, 5) is 36.8. The maximum Gasteiger partial charge on any atom is 0.323 e. The number of ketones is 1. The van der Waals surface area contributed by atoms with Gasteiger partial charge in [-0.3, -0.25) is 19.0 Å². The van der Waals surface area contributed by atoms with Crippen molar-refractivity contribution in [2.75, 3.05) is 18.9 Å². The molecule has 0 aliphatic rings. The zero-order valence-corrected chi connectivity index (χ0v) is 21.4. The number of anilines is 1. The number of hydrogen-bond donors (Lipinski definition) is 3. The van der Waals surface area contributed by atoms with Crippen molar-refractivity contribution in [1.29, 1.82) is 0 Å². The van der Waals surface area contributed by atoms with Gasteiger partial charge < -0.3 is 20.9 Å². The van der Waals surface area contributed by atoms with Crippen LogP contribution < -0.4 is 16.6 Å². The van der Waals surface area contributed by atoms with Crippen LogP contribution in [0.1, 0.15) is 42.3 Å². The van der Waals surface area contributed by atoms with Crippen molar-refractivity contribution in [2.24, 2.45) is 0 Å². The Kier molecular flexibility index (Phi) is 8.92. The minimum atomic E-state index is -1.18. The maximum atomic E-state index is 15.1. The molecular formula is C27H27F4N3O5. The second-order valence-corrected chi connectivity index (χ2v) is 9.69. The number of nitrogen functional groups attached to an aromatic ring is 1. The summed E-state index contributed by atoms with van der Waals surface area (Å²) in [6.45, 7) is 5.22. The standard InChI is InChI=1S/C27H27F4N3O5/c1-27(2,3)39-13-21(26(37)38)33-9-8-14-10-19(30)23(20(31)11-14)34-22(35)7-6-17(25(34)32)24(36)16-5-4-15(28)12-18(16)29/h4-7,10-12,21,33H,8-9,13,32H2,1-3H3,(H,37,38)/t21-/m0/s1. The maximum absolute atomic E-state index is 15.1. The van der Waals surface area contributed by atoms with Gasteiger partial charge in [0, 0.05) is 18.7 Å². The molecule has 0 saturated carbocycles. The summed E-state index contributed by atoms with van der Waals surface area (Å²) in [5.41, 5.74) is 2.74. The summed E-state index contributed by atoms with van der Waals surface area (Å²) in [5.74, 6) is -7.28. The van der Waals surface area contributed by atoms with Gasteiger partial charge in [-0.15, -0.1) is 0 Å². The van der Waals surface area contributed by atoms with Gasteiger partial charge in [-0.2, -0.15) is 0 Å². The van der Waals surface area contributed by atoms with E-state index in [2.05, 4.69) is 5.32 Å². The third kappa shape index (κ3) is 7.09. The molecule has 0 fully saturated rings. The van der Waals surface area contributed by atoms with Gasteiger partial charge in [-0.1, -0.05) is 0 Å². The van der Waals surface area contributed by atoms with Gasteiger partial charge in [0.25, 0.3) is 5.56 Å². The van der Waals surface area contributed by atoms with E-state index in [0.717, 1.165) is 36.4 Å². The molecule has 0 aliphatic heterocycles. The van der Waals surface area contributed by atoms with Crippen LogP contribution in [0.25, 0.3) is 5.69 Å². The fourth-order valence-corrected chi connectivity index (χ4v) is 3.71. The minimum absolute atomic E-state index is 0.0279. The average Bonchev–Trinajstić information content (AvgIpc) is 2.81. The Bertz CT molecular complexity index is 1440. The molecule has 39 heavy (non-hydrogen) atoms. The van der Waals surface area contributed by atoms with E-state index in [1.165, 1.54) is 0 Å². The molecule has 0 radical (unpaired) electrons. The molecule has 4 N–H and O–H groups in total. The van der Waals surface area contributed by atoms with Crippen molar-refractivity contribution in [3.05, 3.63) is 92.8 Å². The number of hydrogen-bond acceptors (Lipinski definition) is 6. The number of ether oxygens (including phenoxy) is 1. The Morgan fingerprint density at radius 2 is 1.62 bits per heavy atom. The van der Waals surface area contributed by atoms with Crippen LogP contribution in [0.2, 0.25) is 0 Å². The van der Waals surface area contributed by atoms with E-state index in [0.29, 0.717) is 10.6 Å². The van der Waals surface area contributed by atoms with Crippen molar-refractivity contribution in [3.63, 3.8) is 0 Å². The first-order valence-corrected chi connectivity index (χ1v) is 11.8. The van der Waals surface area contributed by atoms with Crippen molar-refractivity contribution in [3.8, 4) is 5.69 Å². The van der Waals surface area contributed by atoms with Gasteiger partial charge in [0.15, 0.2) is 17.4 Å². The minimum Gasteiger partial charge on any atom is -0.480 e. The van der Waals surface area contributed by atoms with Gasteiger partial charge in [-0.25, -0.2) is 17.6 Å². The van der Waals surface area contributed by atoms with E-state index in [4.69, 9.17) is 10.5 Å². The van der Waals surface area contributed by atoms with E-state index in [9.17, 15) is 28.3 Å². The third-order valence-corrected chi connectivity index (χ3v) is 5.64. The number of benzene rings is 2. The fourth-order valence-electron chi connectivity index (χ4n) is 3.71. The SMILES string of the molecule is CC(C)(C)OC[C@H](NCCc1cc(F)c(-n2c(N)c(C(=O)c3ccc(F)cc3F)ccc2=O)c(F)c1)C(=O)O. The predicted molar refractivity (Wildman–Crippen MR) is 135 cm³/mol. The summed E-state index contributed by atoms with van der Waals surface area (Å²) in [6, 6.07) is 4.89. The van der Waals surface area contributed by atoms with Crippen LogP contribution >= 0.6 is 0 Å². The van der Waals surface area contributed by atoms with Crippen molar-refractivity contribution in [2.45, 2.75) is 38.8 Å². The molecule has 0 aliphatic carbocycles. The second kappa shape index (κ2) is 11.8. The topological polar surface area (TPSA) is 124 Å². The molecule has 0 saturated heterocycles. The third-order valence-electron chi connectivity index (χ3n) is 5.64. The molecule has 1 atom stereocenters. The van der Waals surface area contributed by atoms with E-state index in [-0.39, 0.29) is 25.1 Å². The van der Waals surface area contributed by atoms with E-state index in [1.54, 1.807) is 20.8 Å². The van der Waals surface area contributed by atoms with Gasteiger partial charge in [-0.05, 0) is 63.1 Å². The smallest absolute Gasteiger partial charge is 0.323 e. The van der Waals surface area contributed by atoms with Crippen LogP contribution in [-0.2, 0) is 16.0 Å². The molecule has 0 bridgehead atoms. The van der Waals surface area contributed by atoms with Crippen molar-refractivity contribution in [1.82, 2.24) is 9.88 Å². The molecule has 3 aromatic rings. The molecule has 8 nitrogen and oxygen atoms in total. The molecule has 3 rings (SSSR count). The Balaban J connectivity index is 1.87. The number of halogens is 4. The highest BCUT2D eigenvalue weighted by Crippen LogP contribution is 2.25. The lowest BCUT2D eigenvalue weighted by molar-refractivity contribution is -0.142. The fraction of sp³-hybridized carbons (Fsp3) is 0.296. The van der Waals surface area contributed by atoms with E-state index >= 15 is 8.78 Å². The number of rotatable bonds is 10. The number of aliphatic carboxylic acids is 1. The highest BCUT2D eigenvalue weighted by Gasteiger charge is 2.24. The van der Waals surface area contributed by atoms with Gasteiger partial charge in [0.2, 0.25) is 0 Å². The van der Waals surface area contributed by atoms with Crippen molar-refractivity contribution >= 4 is 17.6 Å². The number of nitrogens with two attached hydrogens (primary N) is 1. The first kappa shape index (κ1) is 29.5. The van der Waals surface area contributed by atoms with Gasteiger partial charge in [0.05, 0.1) is 23.3 Å². The van der Waals surface area contributed by atoms with Crippen LogP contribution in [0.4, 0.5) is 23.4 Å². The highest BCUT2D eigenvalue weighted by atomic mass is 19.1. The zero-order chi connectivity index (χ0) is 29.1. The molecule has 208 valence electrons. The van der Waals surface area contributed by atoms with Crippen molar-refractivity contribution < 1.29 is 37.0 Å². The molecule has 2 aromatic carbocycles. The highest BCUT2D eigenvalue weighted by molar-refractivity contribution is 6.11. The molecular weight excluding hydrogens is 522 g/mol. The molecule has 1 aromatic heterocycles. The number of nitrogens with zero attached hydrogens (tertiary/aromatic N) is 1. The molecule has 12 heteroatoms. The van der Waals surface area contributed by atoms with Gasteiger partial charge >= 0.3 is 5.97 Å². The van der Waals surface area contributed by atoms with Crippen LogP contribution in [0.5, 0.6) is 0 Å². The summed E-state index contributed by atoms with van der Waals surface area (Å²) in [7, 11) is 0. The number of carbonyl (C=O) groups is 2. The average molecular weight is 550 g/mol. The lowest BCUT2D eigenvalue weighted by atomic mass is 10.0. The summed E-state index contributed by atoms with van der Waals surface area (Å²) >= 11 is 0. The summed E-state index contributed by atoms with van der Waals surface area (Å²) in [6.07, 6.45) is 0.0279. The lowest BCUT2D eigenvalue weighted by Crippen LogP contribution is -2.43. The first-order chi connectivity index (χ1) is 18.2. The Morgan fingerprint density at radius 3 is 2.18 bits per heavy atom. The predicted octanol–water partition coefficient (Wildman–Crippen LogP) is 3.61. The Morgan fingerprint density at radius 1 is 1.00 bits per heavy atom. The largest absolute Gasteiger partial charge is 0.480 e. The molecule has 0 amide bonds. The Hall–Kier alpha value is -4.03. The van der Waals surface area contributed by atoms with Gasteiger partial charge in [0.1, 0.15) is 29.2 Å². The zero-order valence-electron chi connectivity index (χ0n) is 21.4. The summed E-state index contributed by atoms with van der Waals surface area (Å²) < 4.78 is 63.5. The Labute approximate surface area is 221 Å². The normalized spacial score (nSPS) is 12.4. The second-order valence-electron chi connectivity index (χ2n) is 9.69. The summed E-state index contributed by atoms with van der Waals surface area (Å²) in [5, 5.41) is 12.1. The quantitative estimate of drug-likeness (QED) is 0.261. The first-order valence-electron chi connectivity index (χ1n) is 11.8. The number of carbonyl (C=O) groups excluding carboxylic acids is 1. The number of aromatic nitrogens is 1. The number of nitrogens with one attached hydrogen (secondary N) is 1. The van der Waals surface area contributed by atoms with E-state index < -0.39 is 74.9 Å². The molecule has 0 unspecified atom stereocenters. The molecule has 0 spiro atoms. The number of pyridine rings is 1. The van der Waals surface area contributed by atoms with Crippen LogP contribution in [0, 0.1) is 23.3 Å². The monoisotopic (exact) mass is 549 g/mol. The van der Waals surface area contributed by atoms with E-state index in [1.807, 2.05) is 0 Å². The number of carboxylic acid groups (broad SMARTS) is 1. The lowest BCUT2D eigenvalue weighted by Gasteiger charge is -2.23. The number of carboxylic acids is 1. The van der Waals surface area contributed by atoms with Crippen LogP contribution in [0.3, 0.4) is 0 Å². The van der Waals surface area contributed by atoms with Crippen LogP contribution in [-0.4, -0.2) is 46.2 Å².